The summed E-state index contributed by atoms with van der Waals surface area (Å²) < 4.78 is 16.8. The Labute approximate surface area is 370 Å². The Morgan fingerprint density at radius 3 is 1.02 bits per heavy atom. The summed E-state index contributed by atoms with van der Waals surface area (Å²) in [7, 11) is 0. The maximum atomic E-state index is 12.8. The lowest BCUT2D eigenvalue weighted by atomic mass is 10.0. The zero-order chi connectivity index (χ0) is 43.7. The minimum absolute atomic E-state index is 0.0869. The molecule has 0 saturated carbocycles. The summed E-state index contributed by atoms with van der Waals surface area (Å²) in [6.45, 7) is 6.38. The molecule has 0 heterocycles. The van der Waals surface area contributed by atoms with Crippen LogP contribution in [-0.2, 0) is 28.6 Å². The second-order valence-electron chi connectivity index (χ2n) is 16.3. The maximum absolute atomic E-state index is 12.8. The lowest BCUT2D eigenvalue weighted by molar-refractivity contribution is -0.167. The van der Waals surface area contributed by atoms with E-state index < -0.39 is 6.10 Å². The first-order valence-electron chi connectivity index (χ1n) is 24.9. The monoisotopic (exact) mass is 837 g/mol. The third-order valence-electron chi connectivity index (χ3n) is 10.5. The second-order valence-corrected chi connectivity index (χ2v) is 16.3. The molecule has 0 aliphatic carbocycles. The van der Waals surface area contributed by atoms with Crippen molar-refractivity contribution in [3.63, 3.8) is 0 Å². The fraction of sp³-hybridized carbons (Fsp3) is 0.722. The predicted octanol–water partition coefficient (Wildman–Crippen LogP) is 16.3. The van der Waals surface area contributed by atoms with Crippen molar-refractivity contribution < 1.29 is 28.6 Å². The van der Waals surface area contributed by atoms with Crippen LogP contribution in [0, 0.1) is 0 Å². The van der Waals surface area contributed by atoms with Crippen LogP contribution in [0.5, 0.6) is 0 Å². The molecular formula is C54H92O6. The van der Waals surface area contributed by atoms with Crippen molar-refractivity contribution in [2.45, 2.75) is 239 Å². The summed E-state index contributed by atoms with van der Waals surface area (Å²) in [6.07, 6.45) is 60.2. The van der Waals surface area contributed by atoms with Crippen LogP contribution in [0.1, 0.15) is 233 Å². The Balaban J connectivity index is 4.44. The van der Waals surface area contributed by atoms with Gasteiger partial charge in [0.2, 0.25) is 0 Å². The summed E-state index contributed by atoms with van der Waals surface area (Å²) in [5.74, 6) is -0.921. The summed E-state index contributed by atoms with van der Waals surface area (Å²) in [5, 5.41) is 0. The van der Waals surface area contributed by atoms with Crippen molar-refractivity contribution >= 4 is 17.9 Å². The van der Waals surface area contributed by atoms with Gasteiger partial charge in [0.25, 0.3) is 0 Å². The van der Waals surface area contributed by atoms with Crippen LogP contribution in [0.4, 0.5) is 0 Å². The molecule has 0 aromatic carbocycles. The van der Waals surface area contributed by atoms with Crippen LogP contribution in [0.3, 0.4) is 0 Å². The van der Waals surface area contributed by atoms with E-state index in [1.807, 2.05) is 0 Å². The molecule has 0 aliphatic heterocycles. The Kier molecular flexibility index (Phi) is 46.0. The smallest absolute Gasteiger partial charge is 0.306 e. The number of ether oxygens (including phenoxy) is 3. The van der Waals surface area contributed by atoms with Gasteiger partial charge in [0.15, 0.2) is 6.10 Å². The SMILES string of the molecule is CC/C=C\C/C=C\C/C=C\CCCCCCCC(=O)OC[C@@H](COC(=O)CCCCCCCCCCCCCC)OC(=O)CCCCCCC/C=C\C/C=C\C/C=C\CC. The van der Waals surface area contributed by atoms with Gasteiger partial charge in [-0.15, -0.1) is 0 Å². The number of carbonyl (C=O) groups excluding carboxylic acids is 3. The van der Waals surface area contributed by atoms with Crippen LogP contribution in [0.25, 0.3) is 0 Å². The first-order chi connectivity index (χ1) is 29.5. The lowest BCUT2D eigenvalue weighted by Gasteiger charge is -2.18. The Morgan fingerprint density at radius 1 is 0.350 bits per heavy atom. The number of hydrogen-bond donors (Lipinski definition) is 0. The van der Waals surface area contributed by atoms with E-state index in [-0.39, 0.29) is 31.1 Å². The number of hydrogen-bond acceptors (Lipinski definition) is 6. The van der Waals surface area contributed by atoms with Gasteiger partial charge in [0.1, 0.15) is 13.2 Å². The molecule has 6 heteroatoms. The molecule has 0 aromatic heterocycles. The molecule has 0 fully saturated rings. The first-order valence-corrected chi connectivity index (χ1v) is 24.9. The molecule has 0 aliphatic rings. The maximum Gasteiger partial charge on any atom is 0.306 e. The second kappa shape index (κ2) is 48.5. The minimum Gasteiger partial charge on any atom is -0.462 e. The van der Waals surface area contributed by atoms with Gasteiger partial charge in [-0.25, -0.2) is 0 Å². The molecule has 344 valence electrons. The quantitative estimate of drug-likeness (QED) is 0.0263. The Morgan fingerprint density at radius 2 is 0.650 bits per heavy atom. The Bertz CT molecular complexity index is 1140. The van der Waals surface area contributed by atoms with Gasteiger partial charge in [-0.05, 0) is 83.5 Å². The third kappa shape index (κ3) is 45.9. The van der Waals surface area contributed by atoms with Crippen LogP contribution >= 0.6 is 0 Å². The summed E-state index contributed by atoms with van der Waals surface area (Å²) >= 11 is 0. The Hall–Kier alpha value is -3.15. The molecule has 0 rings (SSSR count). The summed E-state index contributed by atoms with van der Waals surface area (Å²) in [4.78, 5) is 37.9. The first kappa shape index (κ1) is 56.9. The van der Waals surface area contributed by atoms with Crippen LogP contribution in [-0.4, -0.2) is 37.2 Å². The zero-order valence-electron chi connectivity index (χ0n) is 39.2. The fourth-order valence-electron chi connectivity index (χ4n) is 6.76. The van der Waals surface area contributed by atoms with Crippen LogP contribution < -0.4 is 0 Å². The van der Waals surface area contributed by atoms with Crippen molar-refractivity contribution in [3.8, 4) is 0 Å². The average molecular weight is 837 g/mol. The highest BCUT2D eigenvalue weighted by atomic mass is 16.6. The number of unbranched alkanes of at least 4 members (excludes halogenated alkanes) is 21. The number of esters is 3. The van der Waals surface area contributed by atoms with Crippen molar-refractivity contribution in [3.05, 3.63) is 72.9 Å². The van der Waals surface area contributed by atoms with Crippen molar-refractivity contribution in [2.24, 2.45) is 0 Å². The molecule has 6 nitrogen and oxygen atoms in total. The van der Waals surface area contributed by atoms with E-state index in [2.05, 4.69) is 93.7 Å². The molecule has 1 atom stereocenters. The van der Waals surface area contributed by atoms with E-state index in [0.29, 0.717) is 19.3 Å². The van der Waals surface area contributed by atoms with E-state index in [9.17, 15) is 14.4 Å². The zero-order valence-corrected chi connectivity index (χ0v) is 39.2. The number of carbonyl (C=O) groups is 3. The standard InChI is InChI=1S/C54H92O6/c1-4-7-10-13-16-19-22-25-27-29-32-35-38-41-44-47-53(56)59-50-51(49-58-52(55)46-43-40-37-34-31-24-21-18-15-12-9-6-3)60-54(57)48-45-42-39-36-33-30-28-26-23-20-17-14-11-8-5-2/h7-8,10-11,16-17,19-20,25-28,51H,4-6,9,12-15,18,21-24,29-50H2,1-3H3/b10-7-,11-8-,19-16-,20-17-,27-25-,28-26-/t51-/m1/s1. The van der Waals surface area contributed by atoms with Crippen LogP contribution in [0.2, 0.25) is 0 Å². The fourth-order valence-corrected chi connectivity index (χ4v) is 6.76. The number of allylic oxidation sites excluding steroid dienone is 12. The summed E-state index contributed by atoms with van der Waals surface area (Å²) in [5.41, 5.74) is 0. The van der Waals surface area contributed by atoms with E-state index in [1.165, 1.54) is 57.8 Å². The minimum atomic E-state index is -0.789. The average Bonchev–Trinajstić information content (AvgIpc) is 3.24. The predicted molar refractivity (Wildman–Crippen MR) is 256 cm³/mol. The van der Waals surface area contributed by atoms with Crippen molar-refractivity contribution in [2.75, 3.05) is 13.2 Å². The van der Waals surface area contributed by atoms with Crippen molar-refractivity contribution in [1.82, 2.24) is 0 Å². The lowest BCUT2D eigenvalue weighted by Crippen LogP contribution is -2.30. The van der Waals surface area contributed by atoms with Crippen molar-refractivity contribution in [1.29, 1.82) is 0 Å². The highest BCUT2D eigenvalue weighted by Crippen LogP contribution is 2.14. The van der Waals surface area contributed by atoms with Crippen LogP contribution in [0.15, 0.2) is 72.9 Å². The topological polar surface area (TPSA) is 78.9 Å². The summed E-state index contributed by atoms with van der Waals surface area (Å²) in [6, 6.07) is 0. The normalized spacial score (nSPS) is 12.7. The highest BCUT2D eigenvalue weighted by molar-refractivity contribution is 5.71. The van der Waals surface area contributed by atoms with E-state index in [4.69, 9.17) is 14.2 Å². The van der Waals surface area contributed by atoms with Gasteiger partial charge in [0.05, 0.1) is 0 Å². The van der Waals surface area contributed by atoms with E-state index >= 15 is 0 Å². The van der Waals surface area contributed by atoms with Gasteiger partial charge in [-0.3, -0.25) is 14.4 Å². The molecule has 0 aromatic rings. The van der Waals surface area contributed by atoms with E-state index in [0.717, 1.165) is 135 Å². The molecule has 0 unspecified atom stereocenters. The molecule has 0 saturated heterocycles. The van der Waals surface area contributed by atoms with Gasteiger partial charge < -0.3 is 14.2 Å². The molecule has 0 N–H and O–H groups in total. The molecule has 60 heavy (non-hydrogen) atoms. The molecule has 0 bridgehead atoms. The van der Waals surface area contributed by atoms with Gasteiger partial charge >= 0.3 is 17.9 Å². The van der Waals surface area contributed by atoms with Gasteiger partial charge in [0, 0.05) is 19.3 Å². The van der Waals surface area contributed by atoms with Gasteiger partial charge in [-0.2, -0.15) is 0 Å². The molecular weight excluding hydrogens is 745 g/mol. The highest BCUT2D eigenvalue weighted by Gasteiger charge is 2.19. The van der Waals surface area contributed by atoms with Gasteiger partial charge in [-0.1, -0.05) is 203 Å². The third-order valence-corrected chi connectivity index (χ3v) is 10.5. The number of rotatable bonds is 44. The largest absolute Gasteiger partial charge is 0.462 e. The molecule has 0 radical (unpaired) electrons. The molecule has 0 spiro atoms. The molecule has 0 amide bonds. The van der Waals surface area contributed by atoms with E-state index in [1.54, 1.807) is 0 Å².